The van der Waals surface area contributed by atoms with Crippen molar-refractivity contribution >= 4 is 11.6 Å². The summed E-state index contributed by atoms with van der Waals surface area (Å²) in [4.78, 5) is 2.22. The van der Waals surface area contributed by atoms with E-state index in [1.54, 1.807) is 13.2 Å². The molecule has 1 heterocycles. The van der Waals surface area contributed by atoms with Crippen LogP contribution in [-0.4, -0.2) is 37.7 Å². The van der Waals surface area contributed by atoms with Crippen LogP contribution >= 0.6 is 11.6 Å². The van der Waals surface area contributed by atoms with Gasteiger partial charge in [-0.2, -0.15) is 0 Å². The fourth-order valence-electron chi connectivity index (χ4n) is 2.49. The molecule has 18 heavy (non-hydrogen) atoms. The Morgan fingerprint density at radius 3 is 2.89 bits per heavy atom. The first-order valence-corrected chi connectivity index (χ1v) is 6.44. The molecule has 0 aliphatic carbocycles. The van der Waals surface area contributed by atoms with Crippen LogP contribution in [-0.2, 0) is 4.74 Å². The minimum absolute atomic E-state index is 0.00153. The zero-order valence-corrected chi connectivity index (χ0v) is 11.2. The van der Waals surface area contributed by atoms with E-state index in [-0.39, 0.29) is 18.0 Å². The van der Waals surface area contributed by atoms with Crippen molar-refractivity contribution in [1.82, 2.24) is 4.90 Å². The van der Waals surface area contributed by atoms with Crippen molar-refractivity contribution in [3.05, 3.63) is 34.6 Å². The fourth-order valence-corrected chi connectivity index (χ4v) is 2.72. The summed E-state index contributed by atoms with van der Waals surface area (Å²) in [6, 6.07) is 4.59. The number of hydrogen-bond acceptors (Lipinski definition) is 3. The van der Waals surface area contributed by atoms with E-state index >= 15 is 0 Å². The Bertz CT molecular complexity index is 396. The summed E-state index contributed by atoms with van der Waals surface area (Å²) in [5.74, 6) is -0.321. The Balaban J connectivity index is 2.18. The minimum atomic E-state index is -0.321. The second-order valence-corrected chi connectivity index (χ2v) is 5.03. The summed E-state index contributed by atoms with van der Waals surface area (Å²) in [5.41, 5.74) is 6.66. The second kappa shape index (κ2) is 5.97. The van der Waals surface area contributed by atoms with Gasteiger partial charge in [-0.15, -0.1) is 0 Å². The molecule has 2 unspecified atom stereocenters. The summed E-state index contributed by atoms with van der Waals surface area (Å²) < 4.78 is 18.7. The smallest absolute Gasteiger partial charge is 0.125 e. The minimum Gasteiger partial charge on any atom is -0.380 e. The summed E-state index contributed by atoms with van der Waals surface area (Å²) in [5, 5.41) is 0.408. The van der Waals surface area contributed by atoms with Gasteiger partial charge in [0, 0.05) is 37.8 Å². The maximum Gasteiger partial charge on any atom is 0.125 e. The van der Waals surface area contributed by atoms with Crippen molar-refractivity contribution in [2.75, 3.05) is 26.7 Å². The lowest BCUT2D eigenvalue weighted by Crippen LogP contribution is -2.33. The maximum atomic E-state index is 13.4. The van der Waals surface area contributed by atoms with Crippen LogP contribution in [0.15, 0.2) is 18.2 Å². The molecule has 1 fully saturated rings. The molecule has 0 aromatic heterocycles. The molecule has 1 aromatic rings. The maximum absolute atomic E-state index is 13.4. The van der Waals surface area contributed by atoms with Crippen LogP contribution in [0.1, 0.15) is 18.0 Å². The highest BCUT2D eigenvalue weighted by Crippen LogP contribution is 2.27. The molecule has 0 radical (unpaired) electrons. The number of likely N-dealkylation sites (tertiary alicyclic amines) is 1. The van der Waals surface area contributed by atoms with Gasteiger partial charge in [-0.05, 0) is 30.2 Å². The Morgan fingerprint density at radius 2 is 2.33 bits per heavy atom. The van der Waals surface area contributed by atoms with Crippen LogP contribution in [0.5, 0.6) is 0 Å². The Kier molecular flexibility index (Phi) is 4.56. The molecule has 2 N–H and O–H groups in total. The summed E-state index contributed by atoms with van der Waals surface area (Å²) in [7, 11) is 1.71. The van der Waals surface area contributed by atoms with E-state index in [4.69, 9.17) is 22.1 Å². The number of methoxy groups -OCH3 is 1. The van der Waals surface area contributed by atoms with Gasteiger partial charge in [0.25, 0.3) is 0 Å². The van der Waals surface area contributed by atoms with E-state index in [2.05, 4.69) is 4.90 Å². The van der Waals surface area contributed by atoms with Gasteiger partial charge >= 0.3 is 0 Å². The number of nitrogens with two attached hydrogens (primary N) is 1. The molecule has 0 amide bonds. The van der Waals surface area contributed by atoms with Crippen LogP contribution < -0.4 is 5.73 Å². The van der Waals surface area contributed by atoms with Gasteiger partial charge in [0.2, 0.25) is 0 Å². The van der Waals surface area contributed by atoms with Crippen molar-refractivity contribution in [3.8, 4) is 0 Å². The molecule has 1 aliphatic heterocycles. The van der Waals surface area contributed by atoms with Crippen LogP contribution in [0.3, 0.4) is 0 Å². The molecule has 0 spiro atoms. The highest BCUT2D eigenvalue weighted by molar-refractivity contribution is 6.30. The Morgan fingerprint density at radius 1 is 1.56 bits per heavy atom. The molecular weight excluding hydrogens is 255 g/mol. The SMILES string of the molecule is COC1CCN(C(CN)c2cc(F)cc(Cl)c2)C1. The number of nitrogens with zero attached hydrogens (tertiary/aromatic N) is 1. The highest BCUT2D eigenvalue weighted by atomic mass is 35.5. The molecular formula is C13H18ClFN2O. The lowest BCUT2D eigenvalue weighted by atomic mass is 10.1. The van der Waals surface area contributed by atoms with Crippen LogP contribution in [0.25, 0.3) is 0 Å². The zero-order chi connectivity index (χ0) is 13.1. The fraction of sp³-hybridized carbons (Fsp3) is 0.538. The topological polar surface area (TPSA) is 38.5 Å². The van der Waals surface area contributed by atoms with Crippen molar-refractivity contribution in [2.24, 2.45) is 5.73 Å². The molecule has 5 heteroatoms. The third-order valence-electron chi connectivity index (χ3n) is 3.44. The normalized spacial score (nSPS) is 22.3. The quantitative estimate of drug-likeness (QED) is 0.913. The molecule has 100 valence electrons. The number of rotatable bonds is 4. The van der Waals surface area contributed by atoms with Crippen molar-refractivity contribution in [2.45, 2.75) is 18.6 Å². The predicted molar refractivity (Wildman–Crippen MR) is 70.2 cm³/mol. The van der Waals surface area contributed by atoms with Crippen LogP contribution in [0.2, 0.25) is 5.02 Å². The largest absolute Gasteiger partial charge is 0.380 e. The number of hydrogen-bond donors (Lipinski definition) is 1. The predicted octanol–water partition coefficient (Wildman–Crippen LogP) is 2.20. The monoisotopic (exact) mass is 272 g/mol. The summed E-state index contributed by atoms with van der Waals surface area (Å²) in [6.45, 7) is 2.18. The first kappa shape index (κ1) is 13.7. The molecule has 1 aromatic carbocycles. The molecule has 1 saturated heterocycles. The van der Waals surface area contributed by atoms with Gasteiger partial charge in [-0.3, -0.25) is 4.90 Å². The van der Waals surface area contributed by atoms with Crippen molar-refractivity contribution in [3.63, 3.8) is 0 Å². The molecule has 1 aliphatic rings. The number of halogens is 2. The average molecular weight is 273 g/mol. The van der Waals surface area contributed by atoms with E-state index < -0.39 is 0 Å². The third-order valence-corrected chi connectivity index (χ3v) is 3.66. The highest BCUT2D eigenvalue weighted by Gasteiger charge is 2.28. The van der Waals surface area contributed by atoms with E-state index in [1.807, 2.05) is 0 Å². The Hall–Kier alpha value is -0.680. The molecule has 3 nitrogen and oxygen atoms in total. The average Bonchev–Trinajstić information content (AvgIpc) is 2.77. The van der Waals surface area contributed by atoms with E-state index in [0.717, 1.165) is 25.1 Å². The lowest BCUT2D eigenvalue weighted by Gasteiger charge is -2.27. The standard InChI is InChI=1S/C13H18ClFN2O/c1-18-12-2-3-17(8-12)13(7-16)9-4-10(14)6-11(15)5-9/h4-6,12-13H,2-3,7-8,16H2,1H3. The Labute approximate surface area is 112 Å². The summed E-state index contributed by atoms with van der Waals surface area (Å²) in [6.07, 6.45) is 1.22. The van der Waals surface area contributed by atoms with Gasteiger partial charge < -0.3 is 10.5 Å². The first-order valence-electron chi connectivity index (χ1n) is 6.07. The molecule has 0 bridgehead atoms. The molecule has 0 saturated carbocycles. The summed E-state index contributed by atoms with van der Waals surface area (Å²) >= 11 is 5.89. The van der Waals surface area contributed by atoms with Crippen molar-refractivity contribution in [1.29, 1.82) is 0 Å². The molecule has 2 rings (SSSR count). The van der Waals surface area contributed by atoms with E-state index in [0.29, 0.717) is 11.6 Å². The van der Waals surface area contributed by atoms with Gasteiger partial charge in [0.05, 0.1) is 6.10 Å². The van der Waals surface area contributed by atoms with Gasteiger partial charge in [-0.25, -0.2) is 4.39 Å². The van der Waals surface area contributed by atoms with Gasteiger partial charge in [-0.1, -0.05) is 11.6 Å². The van der Waals surface area contributed by atoms with Crippen molar-refractivity contribution < 1.29 is 9.13 Å². The van der Waals surface area contributed by atoms with Gasteiger partial charge in [0.1, 0.15) is 5.82 Å². The zero-order valence-electron chi connectivity index (χ0n) is 10.4. The second-order valence-electron chi connectivity index (χ2n) is 4.60. The molecule has 2 atom stereocenters. The van der Waals surface area contributed by atoms with E-state index in [1.165, 1.54) is 12.1 Å². The first-order chi connectivity index (χ1) is 8.63. The van der Waals surface area contributed by atoms with Crippen LogP contribution in [0.4, 0.5) is 4.39 Å². The van der Waals surface area contributed by atoms with E-state index in [9.17, 15) is 4.39 Å². The van der Waals surface area contributed by atoms with Gasteiger partial charge in [0.15, 0.2) is 0 Å². The number of ether oxygens (including phenoxy) is 1. The number of benzene rings is 1. The lowest BCUT2D eigenvalue weighted by molar-refractivity contribution is 0.101. The third kappa shape index (κ3) is 3.01. The van der Waals surface area contributed by atoms with Crippen LogP contribution in [0, 0.1) is 5.82 Å².